The number of carbonyl (C=O) groups is 3. The molecule has 4 rings (SSSR count). The number of amides is 4. The molecule has 11 nitrogen and oxygen atoms in total. The van der Waals surface area contributed by atoms with Crippen LogP contribution in [0.4, 0.5) is 25.0 Å². The van der Waals surface area contributed by atoms with Gasteiger partial charge in [-0.2, -0.15) is 8.78 Å². The van der Waals surface area contributed by atoms with Crippen molar-refractivity contribution in [1.29, 1.82) is 0 Å². The maximum atomic E-state index is 13.3. The van der Waals surface area contributed by atoms with Crippen LogP contribution in [-0.4, -0.2) is 75.4 Å². The van der Waals surface area contributed by atoms with Gasteiger partial charge < -0.3 is 34.5 Å². The molecule has 40 heavy (non-hydrogen) atoms. The van der Waals surface area contributed by atoms with Gasteiger partial charge in [0, 0.05) is 25.2 Å². The predicted molar refractivity (Wildman–Crippen MR) is 141 cm³/mol. The fourth-order valence-electron chi connectivity index (χ4n) is 4.58. The van der Waals surface area contributed by atoms with Crippen molar-refractivity contribution >= 4 is 29.2 Å². The van der Waals surface area contributed by atoms with Crippen molar-refractivity contribution in [1.82, 2.24) is 10.2 Å². The predicted octanol–water partition coefficient (Wildman–Crippen LogP) is 3.33. The summed E-state index contributed by atoms with van der Waals surface area (Å²) in [4.78, 5) is 42.0. The fraction of sp³-hybridized carbons (Fsp3) is 0.444. The number of morpholine rings is 1. The van der Waals surface area contributed by atoms with E-state index in [1.807, 2.05) is 13.8 Å². The van der Waals surface area contributed by atoms with Crippen LogP contribution in [0.2, 0.25) is 0 Å². The lowest BCUT2D eigenvalue weighted by atomic mass is 9.92. The van der Waals surface area contributed by atoms with Crippen LogP contribution in [0.1, 0.15) is 26.3 Å². The number of halogens is 2. The monoisotopic (exact) mass is 562 g/mol. The van der Waals surface area contributed by atoms with Gasteiger partial charge in [0.1, 0.15) is 29.3 Å². The highest BCUT2D eigenvalue weighted by molar-refractivity contribution is 6.10. The van der Waals surface area contributed by atoms with Gasteiger partial charge in [0.15, 0.2) is 0 Å². The molecule has 2 heterocycles. The van der Waals surface area contributed by atoms with E-state index in [1.54, 1.807) is 12.1 Å². The van der Waals surface area contributed by atoms with Crippen LogP contribution < -0.4 is 29.7 Å². The molecule has 0 unspecified atom stereocenters. The minimum Gasteiger partial charge on any atom is -0.492 e. The molecule has 13 heteroatoms. The summed E-state index contributed by atoms with van der Waals surface area (Å²) in [6.45, 7) is 4.82. The van der Waals surface area contributed by atoms with Crippen LogP contribution in [0, 0.1) is 0 Å². The molecule has 2 fully saturated rings. The Morgan fingerprint density at radius 3 is 2.35 bits per heavy atom. The summed E-state index contributed by atoms with van der Waals surface area (Å²) in [6, 6.07) is 8.04. The van der Waals surface area contributed by atoms with Crippen molar-refractivity contribution in [2.75, 3.05) is 56.3 Å². The molecule has 0 aromatic heterocycles. The molecule has 216 valence electrons. The average molecular weight is 563 g/mol. The van der Waals surface area contributed by atoms with E-state index < -0.39 is 36.5 Å². The second-order valence-electron chi connectivity index (χ2n) is 9.18. The molecule has 0 spiro atoms. The summed E-state index contributed by atoms with van der Waals surface area (Å²) in [7, 11) is 0. The van der Waals surface area contributed by atoms with Crippen LogP contribution in [0.3, 0.4) is 0 Å². The van der Waals surface area contributed by atoms with Crippen molar-refractivity contribution in [3.8, 4) is 17.2 Å². The molecule has 0 saturated carbocycles. The Balaban J connectivity index is 1.51. The second-order valence-corrected chi connectivity index (χ2v) is 9.18. The molecular weight excluding hydrogens is 530 g/mol. The molecule has 0 aliphatic carbocycles. The number of alkyl halides is 2. The zero-order chi connectivity index (χ0) is 28.9. The largest absolute Gasteiger partial charge is 0.492 e. The number of carbonyl (C=O) groups excluding carboxylic acids is 3. The van der Waals surface area contributed by atoms with Crippen LogP contribution in [0.15, 0.2) is 36.4 Å². The zero-order valence-corrected chi connectivity index (χ0v) is 22.5. The van der Waals surface area contributed by atoms with Gasteiger partial charge in [-0.05, 0) is 38.5 Å². The minimum absolute atomic E-state index is 0.0912. The van der Waals surface area contributed by atoms with Crippen molar-refractivity contribution in [3.05, 3.63) is 42.0 Å². The SMILES string of the molecule is CCOc1cc(N2CCOCC2)c(OCC)cc1NC(=O)CN1C(=O)N[C@@](C)(c2ccc(OC(F)F)cc2)C1=O. The summed E-state index contributed by atoms with van der Waals surface area (Å²) >= 11 is 0. The molecule has 2 saturated heterocycles. The standard InChI is InChI=1S/C27H32F2N4O7/c1-4-38-21-15-20(32-10-12-37-13-11-32)22(39-5-2)14-19(21)30-23(34)16-33-24(35)27(3,31-26(33)36)17-6-8-18(9-7-17)40-25(28)29/h6-9,14-15,25H,4-5,10-13,16H2,1-3H3,(H,30,34)(H,31,36)/t27-/m0/s1. The average Bonchev–Trinajstić information content (AvgIpc) is 3.14. The number of ether oxygens (including phenoxy) is 4. The van der Waals surface area contributed by atoms with Crippen molar-refractivity contribution in [2.45, 2.75) is 32.9 Å². The summed E-state index contributed by atoms with van der Waals surface area (Å²) in [6.07, 6.45) is 0. The van der Waals surface area contributed by atoms with Gasteiger partial charge in [-0.15, -0.1) is 0 Å². The molecular formula is C27H32F2N4O7. The highest BCUT2D eigenvalue weighted by Gasteiger charge is 2.49. The molecule has 2 aromatic rings. The molecule has 1 atom stereocenters. The van der Waals surface area contributed by atoms with E-state index in [-0.39, 0.29) is 5.75 Å². The molecule has 0 radical (unpaired) electrons. The Labute approximate surface area is 230 Å². The summed E-state index contributed by atoms with van der Waals surface area (Å²) < 4.78 is 46.4. The van der Waals surface area contributed by atoms with Gasteiger partial charge in [0.05, 0.1) is 37.8 Å². The Kier molecular flexibility index (Phi) is 8.93. The Morgan fingerprint density at radius 2 is 1.73 bits per heavy atom. The highest BCUT2D eigenvalue weighted by atomic mass is 19.3. The first kappa shape index (κ1) is 28.9. The maximum absolute atomic E-state index is 13.3. The van der Waals surface area contributed by atoms with Crippen LogP contribution >= 0.6 is 0 Å². The Morgan fingerprint density at radius 1 is 1.07 bits per heavy atom. The third kappa shape index (κ3) is 6.19. The van der Waals surface area contributed by atoms with Gasteiger partial charge in [-0.1, -0.05) is 12.1 Å². The van der Waals surface area contributed by atoms with Crippen molar-refractivity contribution in [3.63, 3.8) is 0 Å². The lowest BCUT2D eigenvalue weighted by molar-refractivity contribution is -0.133. The van der Waals surface area contributed by atoms with Crippen LogP contribution in [0.5, 0.6) is 17.2 Å². The third-order valence-corrected chi connectivity index (χ3v) is 6.52. The summed E-state index contributed by atoms with van der Waals surface area (Å²) in [5.74, 6) is -0.431. The Bertz CT molecular complexity index is 1240. The molecule has 2 N–H and O–H groups in total. The zero-order valence-electron chi connectivity index (χ0n) is 22.5. The van der Waals surface area contributed by atoms with E-state index in [9.17, 15) is 23.2 Å². The van der Waals surface area contributed by atoms with Gasteiger partial charge >= 0.3 is 12.6 Å². The smallest absolute Gasteiger partial charge is 0.387 e. The van der Waals surface area contributed by atoms with E-state index in [4.69, 9.17) is 14.2 Å². The number of nitrogens with one attached hydrogen (secondary N) is 2. The van der Waals surface area contributed by atoms with Gasteiger partial charge in [-0.25, -0.2) is 4.79 Å². The summed E-state index contributed by atoms with van der Waals surface area (Å²) in [5.41, 5.74) is -0.0219. The fourth-order valence-corrected chi connectivity index (χ4v) is 4.58. The lowest BCUT2D eigenvalue weighted by Gasteiger charge is -2.31. The quantitative estimate of drug-likeness (QED) is 0.401. The molecule has 0 bridgehead atoms. The number of nitrogens with zero attached hydrogens (tertiary/aromatic N) is 2. The van der Waals surface area contributed by atoms with Crippen molar-refractivity contribution < 1.29 is 42.1 Å². The van der Waals surface area contributed by atoms with Gasteiger partial charge in [0.2, 0.25) is 5.91 Å². The first-order valence-corrected chi connectivity index (χ1v) is 12.9. The highest BCUT2D eigenvalue weighted by Crippen LogP contribution is 2.39. The normalized spacial score (nSPS) is 19.1. The molecule has 2 aromatic carbocycles. The van der Waals surface area contributed by atoms with E-state index in [0.29, 0.717) is 62.3 Å². The van der Waals surface area contributed by atoms with Crippen LogP contribution in [0.25, 0.3) is 0 Å². The third-order valence-electron chi connectivity index (χ3n) is 6.52. The first-order chi connectivity index (χ1) is 19.2. The van der Waals surface area contributed by atoms with E-state index in [2.05, 4.69) is 20.3 Å². The van der Waals surface area contributed by atoms with E-state index >= 15 is 0 Å². The topological polar surface area (TPSA) is 119 Å². The number of imide groups is 1. The van der Waals surface area contributed by atoms with Gasteiger partial charge in [0.25, 0.3) is 5.91 Å². The number of benzene rings is 2. The number of anilines is 2. The lowest BCUT2D eigenvalue weighted by Crippen LogP contribution is -2.42. The van der Waals surface area contributed by atoms with Gasteiger partial charge in [-0.3, -0.25) is 14.5 Å². The number of rotatable bonds is 11. The molecule has 2 aliphatic rings. The first-order valence-electron chi connectivity index (χ1n) is 12.9. The van der Waals surface area contributed by atoms with E-state index in [0.717, 1.165) is 10.6 Å². The van der Waals surface area contributed by atoms with Crippen LogP contribution in [-0.2, 0) is 19.9 Å². The molecule has 2 aliphatic heterocycles. The number of urea groups is 1. The maximum Gasteiger partial charge on any atom is 0.387 e. The van der Waals surface area contributed by atoms with Crippen molar-refractivity contribution in [2.24, 2.45) is 0 Å². The second kappa shape index (κ2) is 12.4. The molecule has 4 amide bonds. The number of hydrogen-bond acceptors (Lipinski definition) is 8. The van der Waals surface area contributed by atoms with E-state index in [1.165, 1.54) is 31.2 Å². The minimum atomic E-state index is -2.99. The summed E-state index contributed by atoms with van der Waals surface area (Å²) in [5, 5.41) is 5.32. The number of hydrogen-bond donors (Lipinski definition) is 2. The Hall–Kier alpha value is -4.13.